The number of nitrogens with one attached hydrogen (secondary N) is 1. The van der Waals surface area contributed by atoms with Crippen molar-refractivity contribution in [2.24, 2.45) is 5.73 Å². The van der Waals surface area contributed by atoms with E-state index in [0.717, 1.165) is 19.6 Å². The van der Waals surface area contributed by atoms with Gasteiger partial charge in [-0.15, -0.1) is 11.3 Å². The van der Waals surface area contributed by atoms with E-state index < -0.39 is 0 Å². The molecule has 0 radical (unpaired) electrons. The van der Waals surface area contributed by atoms with Crippen LogP contribution >= 0.6 is 11.3 Å². The maximum absolute atomic E-state index is 5.95. The largest absolute Gasteiger partial charge is 0.374 e. The molecule has 0 amide bonds. The Hall–Kier alpha value is -0.420. The number of hydrogen-bond donors (Lipinski definition) is 2. The summed E-state index contributed by atoms with van der Waals surface area (Å²) in [4.78, 5) is 2.75. The molecule has 114 valence electrons. The van der Waals surface area contributed by atoms with Crippen LogP contribution in [0.25, 0.3) is 0 Å². The third kappa shape index (κ3) is 3.82. The first kappa shape index (κ1) is 16.0. The van der Waals surface area contributed by atoms with E-state index >= 15 is 0 Å². The molecule has 20 heavy (non-hydrogen) atoms. The summed E-state index contributed by atoms with van der Waals surface area (Å²) in [7, 11) is 0. The first-order valence-electron chi connectivity index (χ1n) is 7.52. The second-order valence-electron chi connectivity index (χ2n) is 7.02. The van der Waals surface area contributed by atoms with Gasteiger partial charge in [0.1, 0.15) is 0 Å². The normalized spacial score (nSPS) is 25.1. The second-order valence-corrected chi connectivity index (χ2v) is 8.14. The Morgan fingerprint density at radius 3 is 2.70 bits per heavy atom. The van der Waals surface area contributed by atoms with E-state index in [2.05, 4.69) is 45.1 Å². The summed E-state index contributed by atoms with van der Waals surface area (Å²) >= 11 is 1.87. The predicted octanol–water partition coefficient (Wildman–Crippen LogP) is 3.20. The Morgan fingerprint density at radius 1 is 1.45 bits per heavy atom. The van der Waals surface area contributed by atoms with Crippen LogP contribution in [0.1, 0.15) is 56.3 Å². The van der Waals surface area contributed by atoms with Crippen LogP contribution in [0.3, 0.4) is 0 Å². The second kappa shape index (κ2) is 6.14. The average Bonchev–Trinajstić information content (AvgIpc) is 2.99. The van der Waals surface area contributed by atoms with E-state index in [0.29, 0.717) is 6.54 Å². The van der Waals surface area contributed by atoms with Gasteiger partial charge in [-0.3, -0.25) is 0 Å². The lowest BCUT2D eigenvalue weighted by molar-refractivity contribution is 0.0190. The van der Waals surface area contributed by atoms with Crippen LogP contribution in [0, 0.1) is 0 Å². The summed E-state index contributed by atoms with van der Waals surface area (Å²) in [6.07, 6.45) is 2.30. The van der Waals surface area contributed by atoms with Gasteiger partial charge in [0.05, 0.1) is 11.6 Å². The summed E-state index contributed by atoms with van der Waals surface area (Å²) in [5, 5.41) is 3.59. The molecule has 2 unspecified atom stereocenters. The van der Waals surface area contributed by atoms with Crippen LogP contribution in [0.4, 0.5) is 0 Å². The Balaban J connectivity index is 1.99. The molecule has 2 rings (SSSR count). The van der Waals surface area contributed by atoms with Crippen molar-refractivity contribution >= 4 is 11.3 Å². The van der Waals surface area contributed by atoms with Crippen LogP contribution in [0.5, 0.6) is 0 Å². The van der Waals surface area contributed by atoms with E-state index in [1.54, 1.807) is 0 Å². The summed E-state index contributed by atoms with van der Waals surface area (Å²) in [5.74, 6) is 0. The quantitative estimate of drug-likeness (QED) is 0.877. The highest BCUT2D eigenvalue weighted by Gasteiger charge is 2.30. The van der Waals surface area contributed by atoms with Crippen LogP contribution in [-0.4, -0.2) is 25.3 Å². The maximum Gasteiger partial charge on any atom is 0.0779 e. The number of nitrogens with two attached hydrogens (primary N) is 1. The smallest absolute Gasteiger partial charge is 0.0779 e. The van der Waals surface area contributed by atoms with E-state index in [9.17, 15) is 0 Å². The monoisotopic (exact) mass is 296 g/mol. The molecule has 3 nitrogen and oxygen atoms in total. The minimum absolute atomic E-state index is 0.0163. The molecule has 4 heteroatoms. The van der Waals surface area contributed by atoms with E-state index in [-0.39, 0.29) is 17.1 Å². The minimum atomic E-state index is -0.0163. The molecule has 0 aromatic carbocycles. The zero-order valence-electron chi connectivity index (χ0n) is 13.2. The highest BCUT2D eigenvalue weighted by Crippen LogP contribution is 2.32. The molecule has 0 aliphatic carbocycles. The van der Waals surface area contributed by atoms with Crippen molar-refractivity contribution in [1.29, 1.82) is 0 Å². The van der Waals surface area contributed by atoms with Gasteiger partial charge in [0.15, 0.2) is 0 Å². The fourth-order valence-corrected chi connectivity index (χ4v) is 3.71. The fourth-order valence-electron chi connectivity index (χ4n) is 2.56. The third-order valence-electron chi connectivity index (χ3n) is 3.97. The minimum Gasteiger partial charge on any atom is -0.374 e. The van der Waals surface area contributed by atoms with Crippen molar-refractivity contribution in [3.8, 4) is 0 Å². The van der Waals surface area contributed by atoms with Gasteiger partial charge in [0.25, 0.3) is 0 Å². The van der Waals surface area contributed by atoms with Crippen molar-refractivity contribution in [3.05, 3.63) is 21.9 Å². The molecule has 0 spiro atoms. The van der Waals surface area contributed by atoms with Gasteiger partial charge in [0, 0.05) is 29.5 Å². The first-order chi connectivity index (χ1) is 9.34. The molecule has 1 aromatic heterocycles. The van der Waals surface area contributed by atoms with E-state index in [4.69, 9.17) is 10.5 Å². The van der Waals surface area contributed by atoms with E-state index in [1.807, 2.05) is 11.3 Å². The molecule has 0 saturated carbocycles. The van der Waals surface area contributed by atoms with Gasteiger partial charge in [-0.05, 0) is 37.3 Å². The Bertz CT molecular complexity index is 430. The zero-order chi connectivity index (χ0) is 14.8. The Kier molecular flexibility index (Phi) is 4.90. The molecule has 0 bridgehead atoms. The van der Waals surface area contributed by atoms with Gasteiger partial charge >= 0.3 is 0 Å². The molecule has 2 atom stereocenters. The van der Waals surface area contributed by atoms with E-state index in [1.165, 1.54) is 16.2 Å². The average molecular weight is 296 g/mol. The highest BCUT2D eigenvalue weighted by atomic mass is 32.1. The number of thiophene rings is 1. The summed E-state index contributed by atoms with van der Waals surface area (Å²) < 4.78 is 5.83. The Labute approximate surface area is 126 Å². The van der Waals surface area contributed by atoms with Gasteiger partial charge in [-0.2, -0.15) is 0 Å². The molecule has 2 heterocycles. The number of ether oxygens (including phenoxy) is 1. The van der Waals surface area contributed by atoms with Crippen LogP contribution in [0.15, 0.2) is 12.1 Å². The molecule has 1 aliphatic heterocycles. The topological polar surface area (TPSA) is 47.3 Å². The SMILES string of the molecule is CC1(CNC(CN)c2ccc(C(C)(C)C)s2)CCCO1. The lowest BCUT2D eigenvalue weighted by atomic mass is 9.95. The maximum atomic E-state index is 5.95. The molecule has 1 aliphatic rings. The zero-order valence-corrected chi connectivity index (χ0v) is 14.0. The van der Waals surface area contributed by atoms with Gasteiger partial charge in [-0.25, -0.2) is 0 Å². The third-order valence-corrected chi connectivity index (χ3v) is 5.59. The summed E-state index contributed by atoms with van der Waals surface area (Å²) in [6.45, 7) is 11.3. The fraction of sp³-hybridized carbons (Fsp3) is 0.750. The predicted molar refractivity (Wildman–Crippen MR) is 86.4 cm³/mol. The van der Waals surface area contributed by atoms with Crippen molar-refractivity contribution in [3.63, 3.8) is 0 Å². The Morgan fingerprint density at radius 2 is 2.20 bits per heavy atom. The lowest BCUT2D eigenvalue weighted by Crippen LogP contribution is -2.40. The number of hydrogen-bond acceptors (Lipinski definition) is 4. The van der Waals surface area contributed by atoms with Gasteiger partial charge in [0.2, 0.25) is 0 Å². The summed E-state index contributed by atoms with van der Waals surface area (Å²) in [6, 6.07) is 4.68. The van der Waals surface area contributed by atoms with Gasteiger partial charge in [-0.1, -0.05) is 20.8 Å². The number of rotatable bonds is 5. The first-order valence-corrected chi connectivity index (χ1v) is 8.33. The van der Waals surface area contributed by atoms with Crippen molar-refractivity contribution in [2.45, 2.75) is 57.6 Å². The van der Waals surface area contributed by atoms with Gasteiger partial charge < -0.3 is 15.8 Å². The molecular formula is C16H28N2OS. The van der Waals surface area contributed by atoms with Crippen LogP contribution < -0.4 is 11.1 Å². The van der Waals surface area contributed by atoms with Crippen LogP contribution in [-0.2, 0) is 10.2 Å². The molecule has 1 aromatic rings. The summed E-state index contributed by atoms with van der Waals surface area (Å²) in [5.41, 5.74) is 6.15. The molecular weight excluding hydrogens is 268 g/mol. The van der Waals surface area contributed by atoms with Crippen molar-refractivity contribution < 1.29 is 4.74 Å². The molecule has 1 saturated heterocycles. The lowest BCUT2D eigenvalue weighted by Gasteiger charge is -2.26. The highest BCUT2D eigenvalue weighted by molar-refractivity contribution is 7.12. The standard InChI is InChI=1S/C16H28N2OS/c1-15(2,3)14-7-6-13(20-14)12(10-17)18-11-16(4)8-5-9-19-16/h6-7,12,18H,5,8-11,17H2,1-4H3. The molecule has 1 fully saturated rings. The van der Waals surface area contributed by atoms with Crippen LogP contribution in [0.2, 0.25) is 0 Å². The van der Waals surface area contributed by atoms with Crippen molar-refractivity contribution in [1.82, 2.24) is 5.32 Å². The van der Waals surface area contributed by atoms with Crippen molar-refractivity contribution in [2.75, 3.05) is 19.7 Å². The molecule has 3 N–H and O–H groups in total.